The monoisotopic (exact) mass is 229 g/mol. The van der Waals surface area contributed by atoms with E-state index in [1.54, 1.807) is 0 Å². The van der Waals surface area contributed by atoms with Crippen molar-refractivity contribution in [1.82, 2.24) is 5.32 Å². The van der Waals surface area contributed by atoms with Crippen LogP contribution in [-0.2, 0) is 0 Å². The largest absolute Gasteiger partial charge is 0.307 e. The molecule has 0 aliphatic carbocycles. The summed E-state index contributed by atoms with van der Waals surface area (Å²) in [5, 5.41) is 3.58. The Morgan fingerprint density at radius 1 is 1.18 bits per heavy atom. The van der Waals surface area contributed by atoms with E-state index < -0.39 is 0 Å². The van der Waals surface area contributed by atoms with Crippen molar-refractivity contribution < 1.29 is 0 Å². The second kappa shape index (κ2) is 8.77. The molecule has 0 aliphatic rings. The molecule has 0 heterocycles. The third-order valence-electron chi connectivity index (χ3n) is 2.66. The van der Waals surface area contributed by atoms with Crippen molar-refractivity contribution in [2.45, 2.75) is 32.7 Å². The maximum absolute atomic E-state index is 3.58. The van der Waals surface area contributed by atoms with Gasteiger partial charge in [0.1, 0.15) is 0 Å². The van der Waals surface area contributed by atoms with Crippen LogP contribution in [0.4, 0.5) is 0 Å². The molecule has 17 heavy (non-hydrogen) atoms. The molecular formula is C16H23N. The molecule has 0 amide bonds. The molecule has 0 radical (unpaired) electrons. The molecule has 0 fully saturated rings. The van der Waals surface area contributed by atoms with Gasteiger partial charge < -0.3 is 5.32 Å². The first-order chi connectivity index (χ1) is 8.38. The van der Waals surface area contributed by atoms with Crippen LogP contribution in [0.25, 0.3) is 0 Å². The Bertz CT molecular complexity index is 338. The molecule has 1 N–H and O–H groups in total. The Labute approximate surface area is 105 Å². The third kappa shape index (κ3) is 5.50. The SMILES string of the molecule is C/C=C/C=C/C(NCCCC)c1ccccc1. The van der Waals surface area contributed by atoms with Gasteiger partial charge in [-0.3, -0.25) is 0 Å². The number of rotatable bonds is 7. The van der Waals surface area contributed by atoms with Crippen molar-refractivity contribution >= 4 is 0 Å². The van der Waals surface area contributed by atoms with Gasteiger partial charge in [-0.25, -0.2) is 0 Å². The molecule has 0 aliphatic heterocycles. The zero-order chi connectivity index (χ0) is 12.3. The van der Waals surface area contributed by atoms with E-state index >= 15 is 0 Å². The predicted octanol–water partition coefficient (Wildman–Crippen LogP) is 4.25. The average molecular weight is 229 g/mol. The van der Waals surface area contributed by atoms with Crippen molar-refractivity contribution in [3.8, 4) is 0 Å². The van der Waals surface area contributed by atoms with E-state index in [-0.39, 0.29) is 0 Å². The number of unbranched alkanes of at least 4 members (excludes halogenated alkanes) is 1. The van der Waals surface area contributed by atoms with Gasteiger partial charge in [0.25, 0.3) is 0 Å². The highest BCUT2D eigenvalue weighted by atomic mass is 14.9. The molecule has 1 aromatic rings. The van der Waals surface area contributed by atoms with Gasteiger partial charge in [0, 0.05) is 0 Å². The lowest BCUT2D eigenvalue weighted by atomic mass is 10.1. The minimum absolute atomic E-state index is 0.318. The molecule has 0 aromatic heterocycles. The van der Waals surface area contributed by atoms with Crippen LogP contribution in [0.15, 0.2) is 54.6 Å². The molecule has 1 heteroatoms. The summed E-state index contributed by atoms with van der Waals surface area (Å²) < 4.78 is 0. The minimum Gasteiger partial charge on any atom is -0.307 e. The molecule has 92 valence electrons. The van der Waals surface area contributed by atoms with Gasteiger partial charge in [-0.2, -0.15) is 0 Å². The summed E-state index contributed by atoms with van der Waals surface area (Å²) in [6.07, 6.45) is 10.9. The number of nitrogens with one attached hydrogen (secondary N) is 1. The van der Waals surface area contributed by atoms with Crippen molar-refractivity contribution in [1.29, 1.82) is 0 Å². The Morgan fingerprint density at radius 2 is 1.94 bits per heavy atom. The fourth-order valence-corrected chi connectivity index (χ4v) is 1.68. The lowest BCUT2D eigenvalue weighted by molar-refractivity contribution is 0.591. The minimum atomic E-state index is 0.318. The van der Waals surface area contributed by atoms with Gasteiger partial charge in [-0.15, -0.1) is 0 Å². The van der Waals surface area contributed by atoms with E-state index in [0.717, 1.165) is 6.54 Å². The normalized spacial score (nSPS) is 13.5. The summed E-state index contributed by atoms with van der Waals surface area (Å²) >= 11 is 0. The zero-order valence-electron chi connectivity index (χ0n) is 10.9. The second-order valence-electron chi connectivity index (χ2n) is 4.11. The first kappa shape index (κ1) is 13.7. The third-order valence-corrected chi connectivity index (χ3v) is 2.66. The van der Waals surface area contributed by atoms with Crippen LogP contribution < -0.4 is 5.32 Å². The Kier molecular flexibility index (Phi) is 7.08. The number of allylic oxidation sites excluding steroid dienone is 3. The van der Waals surface area contributed by atoms with Gasteiger partial charge in [0.15, 0.2) is 0 Å². The Hall–Kier alpha value is -1.34. The van der Waals surface area contributed by atoms with E-state index in [2.05, 4.69) is 60.8 Å². The highest BCUT2D eigenvalue weighted by Gasteiger charge is 2.04. The summed E-state index contributed by atoms with van der Waals surface area (Å²) in [4.78, 5) is 0. The van der Waals surface area contributed by atoms with Crippen LogP contribution in [0.3, 0.4) is 0 Å². The van der Waals surface area contributed by atoms with Crippen LogP contribution in [0.1, 0.15) is 38.3 Å². The zero-order valence-corrected chi connectivity index (χ0v) is 10.9. The molecule has 0 bridgehead atoms. The molecular weight excluding hydrogens is 206 g/mol. The van der Waals surface area contributed by atoms with Crippen LogP contribution in [0.5, 0.6) is 0 Å². The lowest BCUT2D eigenvalue weighted by Gasteiger charge is -2.15. The van der Waals surface area contributed by atoms with Crippen LogP contribution in [-0.4, -0.2) is 6.54 Å². The molecule has 1 aromatic carbocycles. The molecule has 1 nitrogen and oxygen atoms in total. The second-order valence-corrected chi connectivity index (χ2v) is 4.11. The fraction of sp³-hybridized carbons (Fsp3) is 0.375. The Morgan fingerprint density at radius 3 is 2.59 bits per heavy atom. The summed E-state index contributed by atoms with van der Waals surface area (Å²) in [6.45, 7) is 5.32. The maximum atomic E-state index is 3.58. The molecule has 1 atom stereocenters. The van der Waals surface area contributed by atoms with E-state index in [0.29, 0.717) is 6.04 Å². The quantitative estimate of drug-likeness (QED) is 0.544. The number of benzene rings is 1. The van der Waals surface area contributed by atoms with Crippen LogP contribution >= 0.6 is 0 Å². The molecule has 0 saturated heterocycles. The summed E-state index contributed by atoms with van der Waals surface area (Å²) in [5.41, 5.74) is 1.32. The van der Waals surface area contributed by atoms with Gasteiger partial charge in [0.05, 0.1) is 6.04 Å². The standard InChI is InChI=1S/C16H23N/c1-3-5-8-13-16(17-14-6-4-2)15-11-9-7-10-12-15/h3,5,7-13,16-17H,4,6,14H2,1-2H3/b5-3+,13-8+. The van der Waals surface area contributed by atoms with Gasteiger partial charge in [0.2, 0.25) is 0 Å². The van der Waals surface area contributed by atoms with Crippen LogP contribution in [0, 0.1) is 0 Å². The van der Waals surface area contributed by atoms with Crippen molar-refractivity contribution in [3.63, 3.8) is 0 Å². The maximum Gasteiger partial charge on any atom is 0.0509 e. The van der Waals surface area contributed by atoms with E-state index in [1.807, 2.05) is 13.0 Å². The number of hydrogen-bond donors (Lipinski definition) is 1. The van der Waals surface area contributed by atoms with Crippen molar-refractivity contribution in [2.24, 2.45) is 0 Å². The van der Waals surface area contributed by atoms with E-state index in [4.69, 9.17) is 0 Å². The molecule has 0 saturated carbocycles. The van der Waals surface area contributed by atoms with E-state index in [1.165, 1.54) is 18.4 Å². The molecule has 0 spiro atoms. The first-order valence-electron chi connectivity index (χ1n) is 6.46. The predicted molar refractivity (Wildman–Crippen MR) is 76.0 cm³/mol. The van der Waals surface area contributed by atoms with Gasteiger partial charge in [-0.1, -0.05) is 68.0 Å². The van der Waals surface area contributed by atoms with E-state index in [9.17, 15) is 0 Å². The molecule has 1 unspecified atom stereocenters. The summed E-state index contributed by atoms with van der Waals surface area (Å²) in [6, 6.07) is 10.9. The lowest BCUT2D eigenvalue weighted by Crippen LogP contribution is -2.20. The Balaban J connectivity index is 2.65. The van der Waals surface area contributed by atoms with Crippen molar-refractivity contribution in [2.75, 3.05) is 6.54 Å². The fourth-order valence-electron chi connectivity index (χ4n) is 1.68. The topological polar surface area (TPSA) is 12.0 Å². The molecule has 1 rings (SSSR count). The summed E-state index contributed by atoms with van der Waals surface area (Å²) in [7, 11) is 0. The highest BCUT2D eigenvalue weighted by Crippen LogP contribution is 2.14. The van der Waals surface area contributed by atoms with Gasteiger partial charge >= 0.3 is 0 Å². The average Bonchev–Trinajstić information content (AvgIpc) is 2.38. The number of hydrogen-bond acceptors (Lipinski definition) is 1. The van der Waals surface area contributed by atoms with Crippen molar-refractivity contribution in [3.05, 3.63) is 60.2 Å². The smallest absolute Gasteiger partial charge is 0.0509 e. The van der Waals surface area contributed by atoms with Crippen LogP contribution in [0.2, 0.25) is 0 Å². The highest BCUT2D eigenvalue weighted by molar-refractivity contribution is 5.24. The summed E-state index contributed by atoms with van der Waals surface area (Å²) in [5.74, 6) is 0. The first-order valence-corrected chi connectivity index (χ1v) is 6.46. The van der Waals surface area contributed by atoms with Gasteiger partial charge in [-0.05, 0) is 25.5 Å².